The van der Waals surface area contributed by atoms with Crippen molar-refractivity contribution in [3.05, 3.63) is 59.2 Å². The lowest BCUT2D eigenvalue weighted by molar-refractivity contribution is 0.100. The summed E-state index contributed by atoms with van der Waals surface area (Å²) in [6.45, 7) is 1.58. The number of nitrogens with one attached hydrogen (secondary N) is 1. The van der Waals surface area contributed by atoms with Crippen LogP contribution in [0.2, 0.25) is 0 Å². The number of nitrogens with zero attached hydrogens (tertiary/aromatic N) is 1. The molecule has 25 heavy (non-hydrogen) atoms. The van der Waals surface area contributed by atoms with E-state index < -0.39 is 15.9 Å². The second kappa shape index (κ2) is 6.76. The van der Waals surface area contributed by atoms with Crippen LogP contribution >= 0.6 is 0 Å². The second-order valence-electron chi connectivity index (χ2n) is 6.26. The number of primary amides is 1. The van der Waals surface area contributed by atoms with Crippen LogP contribution in [0.3, 0.4) is 0 Å². The van der Waals surface area contributed by atoms with Gasteiger partial charge in [0.1, 0.15) is 0 Å². The summed E-state index contributed by atoms with van der Waals surface area (Å²) in [4.78, 5) is 13.4. The van der Waals surface area contributed by atoms with Crippen LogP contribution < -0.4 is 15.4 Å². The van der Waals surface area contributed by atoms with Gasteiger partial charge in [0.2, 0.25) is 15.9 Å². The Morgan fingerprint density at radius 1 is 1.20 bits per heavy atom. The molecule has 2 aromatic carbocycles. The molecule has 6 nitrogen and oxygen atoms in total. The average Bonchev–Trinajstić information content (AvgIpc) is 2.55. The summed E-state index contributed by atoms with van der Waals surface area (Å²) in [5.41, 5.74) is 9.54. The monoisotopic (exact) mass is 359 g/mol. The molecule has 0 saturated carbocycles. The molecule has 0 aromatic heterocycles. The van der Waals surface area contributed by atoms with Gasteiger partial charge >= 0.3 is 0 Å². The first-order valence-electron chi connectivity index (χ1n) is 8.07. The molecular weight excluding hydrogens is 338 g/mol. The van der Waals surface area contributed by atoms with Gasteiger partial charge in [-0.1, -0.05) is 18.2 Å². The van der Waals surface area contributed by atoms with E-state index in [1.54, 1.807) is 18.2 Å². The van der Waals surface area contributed by atoms with E-state index in [0.29, 0.717) is 17.8 Å². The molecule has 2 aromatic rings. The minimum Gasteiger partial charge on any atom is -0.367 e. The van der Waals surface area contributed by atoms with Crippen molar-refractivity contribution in [3.63, 3.8) is 0 Å². The van der Waals surface area contributed by atoms with Gasteiger partial charge in [0, 0.05) is 24.3 Å². The smallest absolute Gasteiger partial charge is 0.248 e. The highest BCUT2D eigenvalue weighted by Crippen LogP contribution is 2.34. The highest BCUT2D eigenvalue weighted by atomic mass is 32.2. The number of hydrogen-bond acceptors (Lipinski definition) is 4. The van der Waals surface area contributed by atoms with Gasteiger partial charge in [-0.15, -0.1) is 0 Å². The largest absolute Gasteiger partial charge is 0.367 e. The molecule has 7 heteroatoms. The fourth-order valence-corrected chi connectivity index (χ4v) is 3.75. The third kappa shape index (κ3) is 4.11. The summed E-state index contributed by atoms with van der Waals surface area (Å²) in [5.74, 6) is -0.439. The number of hydrogen-bond donors (Lipinski definition) is 2. The van der Waals surface area contributed by atoms with Crippen LogP contribution in [-0.4, -0.2) is 27.1 Å². The van der Waals surface area contributed by atoms with Gasteiger partial charge in [0.15, 0.2) is 0 Å². The van der Waals surface area contributed by atoms with Gasteiger partial charge in [-0.2, -0.15) is 0 Å². The number of sulfonamides is 1. The molecule has 132 valence electrons. The lowest BCUT2D eigenvalue weighted by Gasteiger charge is -2.32. The zero-order chi connectivity index (χ0) is 18.0. The van der Waals surface area contributed by atoms with Crippen LogP contribution in [0.5, 0.6) is 0 Å². The number of nitrogens with two attached hydrogens (primary N) is 1. The lowest BCUT2D eigenvalue weighted by atomic mass is 9.99. The number of rotatable bonds is 5. The Kier molecular flexibility index (Phi) is 4.67. The van der Waals surface area contributed by atoms with Crippen molar-refractivity contribution in [2.45, 2.75) is 19.4 Å². The minimum absolute atomic E-state index is 0.439. The van der Waals surface area contributed by atoms with Crippen molar-refractivity contribution in [3.8, 4) is 0 Å². The average molecular weight is 359 g/mol. The number of carbonyl (C=O) groups is 1. The molecule has 0 unspecified atom stereocenters. The van der Waals surface area contributed by atoms with Crippen LogP contribution in [-0.2, 0) is 23.0 Å². The van der Waals surface area contributed by atoms with Crippen LogP contribution in [0.1, 0.15) is 27.9 Å². The first-order chi connectivity index (χ1) is 11.8. The Labute approximate surface area is 147 Å². The van der Waals surface area contributed by atoms with E-state index in [1.165, 1.54) is 0 Å². The molecule has 0 spiro atoms. The molecule has 1 aliphatic heterocycles. The SMILES string of the molecule is CS(=O)(=O)Nc1cccc2c1CCCN2Cc1ccc(C(N)=O)cc1. The van der Waals surface area contributed by atoms with Crippen molar-refractivity contribution in [1.29, 1.82) is 0 Å². The molecule has 0 bridgehead atoms. The van der Waals surface area contributed by atoms with Crippen molar-refractivity contribution >= 4 is 27.3 Å². The topological polar surface area (TPSA) is 92.5 Å². The fourth-order valence-electron chi connectivity index (χ4n) is 3.16. The summed E-state index contributed by atoms with van der Waals surface area (Å²) < 4.78 is 25.8. The molecule has 1 amide bonds. The van der Waals surface area contributed by atoms with E-state index in [9.17, 15) is 13.2 Å². The maximum Gasteiger partial charge on any atom is 0.248 e. The van der Waals surface area contributed by atoms with Crippen molar-refractivity contribution in [1.82, 2.24) is 0 Å². The van der Waals surface area contributed by atoms with Gasteiger partial charge < -0.3 is 10.6 Å². The van der Waals surface area contributed by atoms with Crippen molar-refractivity contribution < 1.29 is 13.2 Å². The highest BCUT2D eigenvalue weighted by molar-refractivity contribution is 7.92. The maximum absolute atomic E-state index is 11.6. The number of fused-ring (bicyclic) bond motifs is 1. The molecular formula is C18H21N3O3S. The Balaban J connectivity index is 1.86. The quantitative estimate of drug-likeness (QED) is 0.855. The second-order valence-corrected chi connectivity index (χ2v) is 8.01. The summed E-state index contributed by atoms with van der Waals surface area (Å²) in [6.07, 6.45) is 2.95. The van der Waals surface area contributed by atoms with E-state index in [1.807, 2.05) is 24.3 Å². The van der Waals surface area contributed by atoms with E-state index in [2.05, 4.69) is 9.62 Å². The number of benzene rings is 2. The third-order valence-corrected chi connectivity index (χ3v) is 4.84. The number of carbonyl (C=O) groups excluding carboxylic acids is 1. The van der Waals surface area contributed by atoms with Crippen molar-refractivity contribution in [2.24, 2.45) is 5.73 Å². The summed E-state index contributed by atoms with van der Waals surface area (Å²) in [7, 11) is -3.31. The zero-order valence-corrected chi connectivity index (χ0v) is 14.8. The van der Waals surface area contributed by atoms with Crippen LogP contribution in [0.15, 0.2) is 42.5 Å². The maximum atomic E-state index is 11.6. The van der Waals surface area contributed by atoms with E-state index >= 15 is 0 Å². The van der Waals surface area contributed by atoms with Gasteiger partial charge in [0.05, 0.1) is 11.9 Å². The Morgan fingerprint density at radius 3 is 2.56 bits per heavy atom. The molecule has 0 saturated heterocycles. The first kappa shape index (κ1) is 17.3. The first-order valence-corrected chi connectivity index (χ1v) is 9.96. The van der Waals surface area contributed by atoms with Crippen LogP contribution in [0, 0.1) is 0 Å². The molecule has 0 atom stereocenters. The van der Waals surface area contributed by atoms with Crippen LogP contribution in [0.4, 0.5) is 11.4 Å². The minimum atomic E-state index is -3.31. The van der Waals surface area contributed by atoms with Gasteiger partial charge in [-0.25, -0.2) is 8.42 Å². The molecule has 1 heterocycles. The molecule has 0 radical (unpaired) electrons. The number of anilines is 2. The van der Waals surface area contributed by atoms with E-state index in [4.69, 9.17) is 5.73 Å². The lowest BCUT2D eigenvalue weighted by Crippen LogP contribution is -2.29. The van der Waals surface area contributed by atoms with E-state index in [-0.39, 0.29) is 0 Å². The summed E-state index contributed by atoms with van der Waals surface area (Å²) in [6, 6.07) is 12.9. The summed E-state index contributed by atoms with van der Waals surface area (Å²) >= 11 is 0. The molecule has 1 aliphatic rings. The van der Waals surface area contributed by atoms with Crippen molar-refractivity contribution in [2.75, 3.05) is 22.4 Å². The highest BCUT2D eigenvalue weighted by Gasteiger charge is 2.20. The van der Waals surface area contributed by atoms with Gasteiger partial charge in [-0.3, -0.25) is 9.52 Å². The van der Waals surface area contributed by atoms with E-state index in [0.717, 1.165) is 42.5 Å². The normalized spacial score (nSPS) is 14.0. The Morgan fingerprint density at radius 2 is 1.92 bits per heavy atom. The number of amides is 1. The van der Waals surface area contributed by atoms with Crippen LogP contribution in [0.25, 0.3) is 0 Å². The predicted molar refractivity (Wildman–Crippen MR) is 99.2 cm³/mol. The molecule has 0 aliphatic carbocycles. The molecule has 3 rings (SSSR count). The zero-order valence-electron chi connectivity index (χ0n) is 14.0. The van der Waals surface area contributed by atoms with Gasteiger partial charge in [0.25, 0.3) is 0 Å². The fraction of sp³-hybridized carbons (Fsp3) is 0.278. The Bertz CT molecular complexity index is 892. The predicted octanol–water partition coefficient (Wildman–Crippen LogP) is 2.11. The molecule has 0 fully saturated rings. The molecule has 3 N–H and O–H groups in total. The third-order valence-electron chi connectivity index (χ3n) is 4.25. The standard InChI is InChI=1S/C18H21N3O3S/c1-25(23,24)20-16-5-2-6-17-15(16)4-3-11-21(17)12-13-7-9-14(10-8-13)18(19)22/h2,5-10,20H,3-4,11-12H2,1H3,(H2,19,22). The van der Waals surface area contributed by atoms with Gasteiger partial charge in [-0.05, 0) is 48.2 Å². The Hall–Kier alpha value is -2.54. The summed E-state index contributed by atoms with van der Waals surface area (Å²) in [5, 5.41) is 0.